The smallest absolute Gasteiger partial charge is 0.132 e. The van der Waals surface area contributed by atoms with Crippen molar-refractivity contribution in [2.24, 2.45) is 0 Å². The predicted molar refractivity (Wildman–Crippen MR) is 81.8 cm³/mol. The highest BCUT2D eigenvalue weighted by atomic mass is 15.1. The van der Waals surface area contributed by atoms with Crippen molar-refractivity contribution in [2.75, 3.05) is 37.3 Å². The summed E-state index contributed by atoms with van der Waals surface area (Å²) in [6, 6.07) is 2.54. The minimum Gasteiger partial charge on any atom is -0.370 e. The van der Waals surface area contributed by atoms with Crippen LogP contribution in [0.4, 0.5) is 11.6 Å². The molecule has 19 heavy (non-hydrogen) atoms. The molecule has 0 aliphatic heterocycles. The van der Waals surface area contributed by atoms with Gasteiger partial charge >= 0.3 is 0 Å². The summed E-state index contributed by atoms with van der Waals surface area (Å²) in [6.07, 6.45) is 0.847. The third-order valence-electron chi connectivity index (χ3n) is 3.10. The number of aromatic nitrogens is 2. The molecule has 0 unspecified atom stereocenters. The van der Waals surface area contributed by atoms with Gasteiger partial charge in [-0.1, -0.05) is 6.92 Å². The molecular formula is C14H27N5. The fraction of sp³-hybridized carbons (Fsp3) is 0.714. The number of hydrogen-bond acceptors (Lipinski definition) is 5. The van der Waals surface area contributed by atoms with Gasteiger partial charge in [0.1, 0.15) is 17.5 Å². The molecule has 1 heterocycles. The van der Waals surface area contributed by atoms with E-state index >= 15 is 0 Å². The van der Waals surface area contributed by atoms with E-state index in [2.05, 4.69) is 60.2 Å². The van der Waals surface area contributed by atoms with Gasteiger partial charge < -0.3 is 15.5 Å². The highest BCUT2D eigenvalue weighted by molar-refractivity contribution is 5.47. The normalized spacial score (nSPS) is 11.1. The standard InChI is InChI=1S/C14H27N5/c1-6-12-17-13(15-7-2)10-14(18-12)16-8-9-19(5)11(3)4/h10-11H,6-9H2,1-5H3,(H2,15,16,17,18). The quantitative estimate of drug-likeness (QED) is 0.755. The third-order valence-corrected chi connectivity index (χ3v) is 3.10. The van der Waals surface area contributed by atoms with Gasteiger partial charge in [0.25, 0.3) is 0 Å². The molecule has 0 spiro atoms. The molecule has 0 aliphatic rings. The van der Waals surface area contributed by atoms with E-state index in [1.807, 2.05) is 6.07 Å². The Bertz CT molecular complexity index is 378. The number of nitrogens with one attached hydrogen (secondary N) is 2. The van der Waals surface area contributed by atoms with E-state index in [1.54, 1.807) is 0 Å². The minimum absolute atomic E-state index is 0.565. The maximum atomic E-state index is 4.50. The average Bonchev–Trinajstić information content (AvgIpc) is 2.38. The summed E-state index contributed by atoms with van der Waals surface area (Å²) in [7, 11) is 2.13. The molecule has 0 saturated heterocycles. The Morgan fingerprint density at radius 3 is 2.32 bits per heavy atom. The molecule has 5 heteroatoms. The topological polar surface area (TPSA) is 53.1 Å². The molecule has 108 valence electrons. The van der Waals surface area contributed by atoms with Crippen LogP contribution < -0.4 is 10.6 Å². The fourth-order valence-corrected chi connectivity index (χ4v) is 1.64. The fourth-order valence-electron chi connectivity index (χ4n) is 1.64. The molecule has 0 radical (unpaired) electrons. The molecule has 1 aromatic heterocycles. The second kappa shape index (κ2) is 7.94. The minimum atomic E-state index is 0.565. The highest BCUT2D eigenvalue weighted by Crippen LogP contribution is 2.11. The van der Waals surface area contributed by atoms with Crippen LogP contribution in [0.3, 0.4) is 0 Å². The summed E-state index contributed by atoms with van der Waals surface area (Å²) in [4.78, 5) is 11.2. The number of aryl methyl sites for hydroxylation is 1. The predicted octanol–water partition coefficient (Wildman–Crippen LogP) is 2.22. The van der Waals surface area contributed by atoms with Crippen LogP contribution in [0.25, 0.3) is 0 Å². The van der Waals surface area contributed by atoms with Gasteiger partial charge in [-0.25, -0.2) is 9.97 Å². The van der Waals surface area contributed by atoms with Crippen LogP contribution in [-0.2, 0) is 6.42 Å². The summed E-state index contributed by atoms with van der Waals surface area (Å²) < 4.78 is 0. The van der Waals surface area contributed by atoms with E-state index in [4.69, 9.17) is 0 Å². The Morgan fingerprint density at radius 1 is 1.16 bits per heavy atom. The van der Waals surface area contributed by atoms with E-state index < -0.39 is 0 Å². The lowest BCUT2D eigenvalue weighted by atomic mass is 10.3. The van der Waals surface area contributed by atoms with Gasteiger partial charge in [0.15, 0.2) is 0 Å². The molecule has 0 aliphatic carbocycles. The van der Waals surface area contributed by atoms with Crippen molar-refractivity contribution in [2.45, 2.75) is 40.2 Å². The van der Waals surface area contributed by atoms with Crippen molar-refractivity contribution >= 4 is 11.6 Å². The van der Waals surface area contributed by atoms with Crippen molar-refractivity contribution in [3.05, 3.63) is 11.9 Å². The van der Waals surface area contributed by atoms with Crippen LogP contribution in [-0.4, -0.2) is 47.6 Å². The van der Waals surface area contributed by atoms with Crippen molar-refractivity contribution < 1.29 is 0 Å². The van der Waals surface area contributed by atoms with Crippen molar-refractivity contribution in [1.29, 1.82) is 0 Å². The molecule has 0 amide bonds. The zero-order valence-corrected chi connectivity index (χ0v) is 12.8. The Morgan fingerprint density at radius 2 is 1.79 bits per heavy atom. The molecule has 0 fully saturated rings. The van der Waals surface area contributed by atoms with E-state index in [0.717, 1.165) is 43.5 Å². The second-order valence-corrected chi connectivity index (χ2v) is 4.94. The van der Waals surface area contributed by atoms with E-state index in [1.165, 1.54) is 0 Å². The summed E-state index contributed by atoms with van der Waals surface area (Å²) in [5.74, 6) is 2.67. The van der Waals surface area contributed by atoms with Crippen LogP contribution in [0.5, 0.6) is 0 Å². The second-order valence-electron chi connectivity index (χ2n) is 4.94. The zero-order valence-electron chi connectivity index (χ0n) is 12.8. The van der Waals surface area contributed by atoms with Crippen molar-refractivity contribution in [3.8, 4) is 0 Å². The third kappa shape index (κ3) is 5.42. The van der Waals surface area contributed by atoms with Crippen molar-refractivity contribution in [3.63, 3.8) is 0 Å². The Kier molecular flexibility index (Phi) is 6.56. The molecule has 1 rings (SSSR count). The summed E-state index contributed by atoms with van der Waals surface area (Å²) in [6.45, 7) is 11.3. The maximum Gasteiger partial charge on any atom is 0.132 e. The van der Waals surface area contributed by atoms with Gasteiger partial charge in [-0.2, -0.15) is 0 Å². The average molecular weight is 265 g/mol. The number of nitrogens with zero attached hydrogens (tertiary/aromatic N) is 3. The van der Waals surface area contributed by atoms with Crippen molar-refractivity contribution in [1.82, 2.24) is 14.9 Å². The molecule has 0 saturated carbocycles. The van der Waals surface area contributed by atoms with Gasteiger partial charge in [0, 0.05) is 38.2 Å². The first kappa shape index (κ1) is 15.7. The first-order valence-corrected chi connectivity index (χ1v) is 7.12. The summed E-state index contributed by atoms with van der Waals surface area (Å²) in [5, 5.41) is 6.61. The number of likely N-dealkylation sites (N-methyl/N-ethyl adjacent to an activating group) is 1. The van der Waals surface area contributed by atoms with Gasteiger partial charge in [0.2, 0.25) is 0 Å². The van der Waals surface area contributed by atoms with E-state index in [-0.39, 0.29) is 0 Å². The molecule has 5 nitrogen and oxygen atoms in total. The van der Waals surface area contributed by atoms with Gasteiger partial charge in [-0.15, -0.1) is 0 Å². The number of hydrogen-bond donors (Lipinski definition) is 2. The Labute approximate surface area is 116 Å². The van der Waals surface area contributed by atoms with Crippen LogP contribution in [0.15, 0.2) is 6.07 Å². The van der Waals surface area contributed by atoms with Gasteiger partial charge in [-0.3, -0.25) is 0 Å². The Hall–Kier alpha value is -1.36. The van der Waals surface area contributed by atoms with E-state index in [9.17, 15) is 0 Å². The van der Waals surface area contributed by atoms with Gasteiger partial charge in [-0.05, 0) is 27.8 Å². The van der Waals surface area contributed by atoms with Gasteiger partial charge in [0.05, 0.1) is 0 Å². The zero-order chi connectivity index (χ0) is 14.3. The highest BCUT2D eigenvalue weighted by Gasteiger charge is 2.05. The van der Waals surface area contributed by atoms with E-state index in [0.29, 0.717) is 6.04 Å². The lowest BCUT2D eigenvalue weighted by Crippen LogP contribution is -2.31. The SMILES string of the molecule is CCNc1cc(NCCN(C)C(C)C)nc(CC)n1. The molecule has 0 bridgehead atoms. The number of rotatable bonds is 8. The number of anilines is 2. The molecule has 0 aromatic carbocycles. The molecule has 1 aromatic rings. The Balaban J connectivity index is 2.59. The lowest BCUT2D eigenvalue weighted by molar-refractivity contribution is 0.284. The summed E-state index contributed by atoms with van der Waals surface area (Å²) in [5.41, 5.74) is 0. The molecular weight excluding hydrogens is 238 g/mol. The lowest BCUT2D eigenvalue weighted by Gasteiger charge is -2.21. The molecule has 2 N–H and O–H groups in total. The molecule has 0 atom stereocenters. The van der Waals surface area contributed by atoms with Crippen LogP contribution in [0.2, 0.25) is 0 Å². The largest absolute Gasteiger partial charge is 0.370 e. The maximum absolute atomic E-state index is 4.50. The monoisotopic (exact) mass is 265 g/mol. The first-order chi connectivity index (χ1) is 9.06. The van der Waals surface area contributed by atoms with Crippen LogP contribution in [0.1, 0.15) is 33.5 Å². The summed E-state index contributed by atoms with van der Waals surface area (Å²) >= 11 is 0. The van der Waals surface area contributed by atoms with Crippen LogP contribution in [0, 0.1) is 0 Å². The van der Waals surface area contributed by atoms with Crippen LogP contribution >= 0.6 is 0 Å². The first-order valence-electron chi connectivity index (χ1n) is 7.12.